The smallest absolute Gasteiger partial charge is 0.334 e. The van der Waals surface area contributed by atoms with Crippen molar-refractivity contribution in [2.24, 2.45) is 5.92 Å². The van der Waals surface area contributed by atoms with Crippen molar-refractivity contribution in [3.8, 4) is 0 Å². The van der Waals surface area contributed by atoms with E-state index in [-0.39, 0.29) is 23.6 Å². The Morgan fingerprint density at radius 2 is 2.23 bits per heavy atom. The molecule has 2 fully saturated rings. The molecule has 0 aromatic heterocycles. The van der Waals surface area contributed by atoms with Crippen LogP contribution in [-0.2, 0) is 23.8 Å². The molecule has 0 unspecified atom stereocenters. The van der Waals surface area contributed by atoms with Crippen LogP contribution in [0.3, 0.4) is 0 Å². The molecule has 0 saturated carbocycles. The Morgan fingerprint density at radius 1 is 1.50 bits per heavy atom. The van der Waals surface area contributed by atoms with E-state index in [1.807, 2.05) is 13.8 Å². The van der Waals surface area contributed by atoms with Crippen molar-refractivity contribution in [2.75, 3.05) is 0 Å². The largest absolute Gasteiger partial charge is 0.461 e. The van der Waals surface area contributed by atoms with E-state index in [1.165, 1.54) is 6.92 Å². The molecule has 1 aliphatic carbocycles. The fourth-order valence-electron chi connectivity index (χ4n) is 3.63. The average molecular weight is 306 g/mol. The number of fused-ring (bicyclic) bond motifs is 3. The van der Waals surface area contributed by atoms with Gasteiger partial charge in [0.05, 0.1) is 11.5 Å². The molecule has 2 saturated heterocycles. The van der Waals surface area contributed by atoms with Gasteiger partial charge in [-0.05, 0) is 26.7 Å². The molecule has 5 heteroatoms. The SMILES string of the molecule is C=C1C(=O)O[C@H]2[C@H]1[C@@H](OC(C)=O)C/C(C)=C/CC[C@@]1(C)O[C@H]21. The summed E-state index contributed by atoms with van der Waals surface area (Å²) in [6, 6.07) is 0. The first-order valence-corrected chi connectivity index (χ1v) is 7.72. The molecule has 0 aromatic carbocycles. The van der Waals surface area contributed by atoms with Crippen molar-refractivity contribution in [3.05, 3.63) is 23.8 Å². The van der Waals surface area contributed by atoms with Gasteiger partial charge in [0.1, 0.15) is 18.3 Å². The molecular weight excluding hydrogens is 284 g/mol. The fraction of sp³-hybridized carbons (Fsp3) is 0.647. The summed E-state index contributed by atoms with van der Waals surface area (Å²) in [5, 5.41) is 0. The number of hydrogen-bond acceptors (Lipinski definition) is 5. The van der Waals surface area contributed by atoms with Gasteiger partial charge in [0.25, 0.3) is 0 Å². The van der Waals surface area contributed by atoms with E-state index in [0.29, 0.717) is 12.0 Å². The number of rotatable bonds is 1. The van der Waals surface area contributed by atoms with Crippen molar-refractivity contribution < 1.29 is 23.8 Å². The quantitative estimate of drug-likeness (QED) is 0.322. The predicted molar refractivity (Wildman–Crippen MR) is 79.0 cm³/mol. The molecule has 5 atom stereocenters. The second-order valence-electron chi connectivity index (χ2n) is 6.71. The van der Waals surface area contributed by atoms with Gasteiger partial charge in [0, 0.05) is 18.9 Å². The molecule has 5 nitrogen and oxygen atoms in total. The van der Waals surface area contributed by atoms with E-state index in [4.69, 9.17) is 14.2 Å². The fourth-order valence-corrected chi connectivity index (χ4v) is 3.63. The molecule has 2 aliphatic heterocycles. The second kappa shape index (κ2) is 5.23. The Morgan fingerprint density at radius 3 is 2.91 bits per heavy atom. The third-order valence-electron chi connectivity index (χ3n) is 4.88. The summed E-state index contributed by atoms with van der Waals surface area (Å²) in [5.74, 6) is -1.12. The first-order chi connectivity index (χ1) is 10.3. The zero-order chi connectivity index (χ0) is 16.1. The van der Waals surface area contributed by atoms with Crippen LogP contribution < -0.4 is 0 Å². The summed E-state index contributed by atoms with van der Waals surface area (Å²) >= 11 is 0. The molecule has 0 spiro atoms. The highest BCUT2D eigenvalue weighted by atomic mass is 16.6. The lowest BCUT2D eigenvalue weighted by molar-refractivity contribution is -0.150. The maximum atomic E-state index is 12.0. The van der Waals surface area contributed by atoms with Crippen LogP contribution in [0.15, 0.2) is 23.8 Å². The lowest BCUT2D eigenvalue weighted by Crippen LogP contribution is -2.38. The van der Waals surface area contributed by atoms with Crippen LogP contribution in [0.4, 0.5) is 0 Å². The minimum absolute atomic E-state index is 0.148. The molecular formula is C17H22O5. The molecule has 22 heavy (non-hydrogen) atoms. The minimum atomic E-state index is -0.441. The molecule has 3 aliphatic rings. The Bertz CT molecular complexity index is 563. The first-order valence-electron chi connectivity index (χ1n) is 7.72. The van der Waals surface area contributed by atoms with E-state index in [0.717, 1.165) is 18.4 Å². The Hall–Kier alpha value is -1.62. The topological polar surface area (TPSA) is 65.1 Å². The van der Waals surface area contributed by atoms with E-state index in [2.05, 4.69) is 12.7 Å². The Balaban J connectivity index is 1.96. The number of hydrogen-bond donors (Lipinski definition) is 0. The molecule has 0 N–H and O–H groups in total. The van der Waals surface area contributed by atoms with Crippen molar-refractivity contribution in [1.29, 1.82) is 0 Å². The molecule has 2 heterocycles. The zero-order valence-electron chi connectivity index (χ0n) is 13.3. The Labute approximate surface area is 130 Å². The van der Waals surface area contributed by atoms with Crippen LogP contribution >= 0.6 is 0 Å². The molecule has 3 rings (SSSR count). The second-order valence-corrected chi connectivity index (χ2v) is 6.71. The lowest BCUT2D eigenvalue weighted by Gasteiger charge is -2.27. The van der Waals surface area contributed by atoms with Gasteiger partial charge < -0.3 is 14.2 Å². The van der Waals surface area contributed by atoms with Crippen molar-refractivity contribution in [3.63, 3.8) is 0 Å². The number of esters is 2. The van der Waals surface area contributed by atoms with E-state index in [9.17, 15) is 9.59 Å². The van der Waals surface area contributed by atoms with Gasteiger partial charge in [-0.15, -0.1) is 0 Å². The third-order valence-corrected chi connectivity index (χ3v) is 4.88. The Kier molecular flexibility index (Phi) is 3.63. The lowest BCUT2D eigenvalue weighted by atomic mass is 9.82. The molecule has 120 valence electrons. The van der Waals surface area contributed by atoms with Gasteiger partial charge in [-0.1, -0.05) is 18.2 Å². The normalized spacial score (nSPS) is 43.3. The number of carbonyl (C=O) groups is 2. The summed E-state index contributed by atoms with van der Waals surface area (Å²) in [6.07, 6.45) is 3.52. The van der Waals surface area contributed by atoms with Gasteiger partial charge in [-0.3, -0.25) is 4.79 Å². The first kappa shape index (κ1) is 15.3. The van der Waals surface area contributed by atoms with Crippen LogP contribution in [0.2, 0.25) is 0 Å². The summed E-state index contributed by atoms with van der Waals surface area (Å²) in [5.41, 5.74) is 1.24. The van der Waals surface area contributed by atoms with Crippen LogP contribution in [0, 0.1) is 5.92 Å². The van der Waals surface area contributed by atoms with Crippen LogP contribution in [0.25, 0.3) is 0 Å². The van der Waals surface area contributed by atoms with Crippen LogP contribution in [0.1, 0.15) is 40.0 Å². The van der Waals surface area contributed by atoms with Gasteiger partial charge in [-0.25, -0.2) is 4.79 Å². The van der Waals surface area contributed by atoms with E-state index >= 15 is 0 Å². The van der Waals surface area contributed by atoms with Gasteiger partial charge in [-0.2, -0.15) is 0 Å². The van der Waals surface area contributed by atoms with Crippen molar-refractivity contribution >= 4 is 11.9 Å². The monoisotopic (exact) mass is 306 g/mol. The zero-order valence-corrected chi connectivity index (χ0v) is 13.3. The highest BCUT2D eigenvalue weighted by Crippen LogP contribution is 2.50. The summed E-state index contributed by atoms with van der Waals surface area (Å²) in [7, 11) is 0. The standard InChI is InChI=1S/C17H22O5/c1-9-6-5-7-17(4)15(22-17)14-13(10(2)16(19)21-14)12(8-9)20-11(3)18/h6,12-15H,2,5,7-8H2,1,3-4H3/b9-6+/t12-,13+,14-,15+,17+/m0/s1. The molecule has 0 amide bonds. The number of carbonyl (C=O) groups excluding carboxylic acids is 2. The summed E-state index contributed by atoms with van der Waals surface area (Å²) in [6.45, 7) is 9.30. The average Bonchev–Trinajstić information content (AvgIpc) is 2.98. The third kappa shape index (κ3) is 2.58. The van der Waals surface area contributed by atoms with Crippen molar-refractivity contribution in [2.45, 2.75) is 63.9 Å². The minimum Gasteiger partial charge on any atom is -0.461 e. The van der Waals surface area contributed by atoms with Crippen molar-refractivity contribution in [1.82, 2.24) is 0 Å². The highest BCUT2D eigenvalue weighted by molar-refractivity contribution is 5.91. The van der Waals surface area contributed by atoms with E-state index in [1.54, 1.807) is 0 Å². The number of epoxide rings is 1. The van der Waals surface area contributed by atoms with E-state index < -0.39 is 18.2 Å². The number of allylic oxidation sites excluding steroid dienone is 1. The van der Waals surface area contributed by atoms with Crippen LogP contribution in [0.5, 0.6) is 0 Å². The predicted octanol–water partition coefficient (Wildman–Crippen LogP) is 2.30. The molecule has 0 bridgehead atoms. The maximum Gasteiger partial charge on any atom is 0.334 e. The van der Waals surface area contributed by atoms with Gasteiger partial charge in [0.2, 0.25) is 0 Å². The van der Waals surface area contributed by atoms with Gasteiger partial charge >= 0.3 is 11.9 Å². The number of ether oxygens (including phenoxy) is 3. The molecule has 0 radical (unpaired) electrons. The summed E-state index contributed by atoms with van der Waals surface area (Å²) in [4.78, 5) is 23.5. The van der Waals surface area contributed by atoms with Crippen LogP contribution in [-0.4, -0.2) is 35.9 Å². The maximum absolute atomic E-state index is 12.0. The molecule has 0 aromatic rings. The summed E-state index contributed by atoms with van der Waals surface area (Å²) < 4.78 is 16.8. The highest BCUT2D eigenvalue weighted by Gasteiger charge is 2.63. The van der Waals surface area contributed by atoms with Gasteiger partial charge in [0.15, 0.2) is 0 Å².